The molecule has 1 unspecified atom stereocenters. The summed E-state index contributed by atoms with van der Waals surface area (Å²) in [4.78, 5) is 18.1. The topological polar surface area (TPSA) is 81.9 Å². The van der Waals surface area contributed by atoms with Crippen molar-refractivity contribution < 1.29 is 9.21 Å². The van der Waals surface area contributed by atoms with Gasteiger partial charge in [0.05, 0.1) is 18.8 Å². The molecule has 24 heavy (non-hydrogen) atoms. The van der Waals surface area contributed by atoms with Crippen LogP contribution in [0.5, 0.6) is 0 Å². The summed E-state index contributed by atoms with van der Waals surface area (Å²) in [6, 6.07) is 4.13. The quantitative estimate of drug-likeness (QED) is 0.377. The molecule has 3 N–H and O–H groups in total. The molecule has 1 aliphatic heterocycles. The standard InChI is InChI=1S/C17H29N5O2/c1-3-18-17(20-9-8-19-14(2)23)21-13-15(16-7-6-12-24-16)22-10-4-5-11-22/h6-7,12,15H,3-5,8-11,13H2,1-2H3,(H,19,23)(H2,18,20,21). The summed E-state index contributed by atoms with van der Waals surface area (Å²) in [5.41, 5.74) is 0. The maximum Gasteiger partial charge on any atom is 0.216 e. The van der Waals surface area contributed by atoms with E-state index in [2.05, 4.69) is 20.9 Å². The Morgan fingerprint density at radius 3 is 2.67 bits per heavy atom. The van der Waals surface area contributed by atoms with E-state index in [4.69, 9.17) is 9.41 Å². The highest BCUT2D eigenvalue weighted by Gasteiger charge is 2.25. The molecule has 1 aliphatic rings. The first kappa shape index (κ1) is 18.3. The van der Waals surface area contributed by atoms with Gasteiger partial charge in [0, 0.05) is 26.6 Å². The van der Waals surface area contributed by atoms with E-state index in [-0.39, 0.29) is 11.9 Å². The minimum Gasteiger partial charge on any atom is -0.468 e. The number of likely N-dealkylation sites (tertiary alicyclic amines) is 1. The third-order valence-corrected chi connectivity index (χ3v) is 4.01. The Kier molecular flexibility index (Phi) is 7.61. The van der Waals surface area contributed by atoms with Crippen LogP contribution >= 0.6 is 0 Å². The molecule has 0 radical (unpaired) electrons. The molecule has 7 heteroatoms. The number of carbonyl (C=O) groups is 1. The maximum atomic E-state index is 10.9. The van der Waals surface area contributed by atoms with Gasteiger partial charge in [-0.2, -0.15) is 0 Å². The third-order valence-electron chi connectivity index (χ3n) is 4.01. The molecule has 0 aromatic carbocycles. The molecular formula is C17H29N5O2. The lowest BCUT2D eigenvalue weighted by atomic mass is 10.2. The molecule has 0 saturated carbocycles. The largest absolute Gasteiger partial charge is 0.468 e. The average Bonchev–Trinajstić information content (AvgIpc) is 3.25. The van der Waals surface area contributed by atoms with E-state index in [0.717, 1.165) is 31.4 Å². The molecule has 7 nitrogen and oxygen atoms in total. The zero-order valence-corrected chi connectivity index (χ0v) is 14.7. The van der Waals surface area contributed by atoms with Crippen molar-refractivity contribution in [2.45, 2.75) is 32.7 Å². The number of amides is 1. The van der Waals surface area contributed by atoms with Crippen molar-refractivity contribution in [1.29, 1.82) is 0 Å². The van der Waals surface area contributed by atoms with Gasteiger partial charge in [-0.3, -0.25) is 14.7 Å². The van der Waals surface area contributed by atoms with Crippen LogP contribution in [0.3, 0.4) is 0 Å². The van der Waals surface area contributed by atoms with Crippen LogP contribution in [0.1, 0.15) is 38.5 Å². The van der Waals surface area contributed by atoms with Gasteiger partial charge in [-0.25, -0.2) is 0 Å². The van der Waals surface area contributed by atoms with Crippen LogP contribution in [0, 0.1) is 0 Å². The molecule has 1 fully saturated rings. The third kappa shape index (κ3) is 5.88. The summed E-state index contributed by atoms with van der Waals surface area (Å²) in [7, 11) is 0. The van der Waals surface area contributed by atoms with Crippen LogP contribution in [-0.2, 0) is 4.79 Å². The van der Waals surface area contributed by atoms with E-state index in [1.54, 1.807) is 6.26 Å². The molecular weight excluding hydrogens is 306 g/mol. The first-order chi connectivity index (χ1) is 11.7. The van der Waals surface area contributed by atoms with Crippen molar-refractivity contribution in [3.05, 3.63) is 24.2 Å². The molecule has 0 bridgehead atoms. The fourth-order valence-corrected chi connectivity index (χ4v) is 2.86. The van der Waals surface area contributed by atoms with Gasteiger partial charge in [-0.15, -0.1) is 0 Å². The van der Waals surface area contributed by atoms with Crippen molar-refractivity contribution in [2.24, 2.45) is 4.99 Å². The highest BCUT2D eigenvalue weighted by Crippen LogP contribution is 2.25. The van der Waals surface area contributed by atoms with Crippen molar-refractivity contribution >= 4 is 11.9 Å². The first-order valence-corrected chi connectivity index (χ1v) is 8.74. The fraction of sp³-hybridized carbons (Fsp3) is 0.647. The maximum absolute atomic E-state index is 10.9. The number of carbonyl (C=O) groups excluding carboxylic acids is 1. The van der Waals surface area contributed by atoms with Gasteiger partial charge in [0.15, 0.2) is 5.96 Å². The van der Waals surface area contributed by atoms with Crippen LogP contribution in [-0.4, -0.2) is 56.0 Å². The molecule has 0 aliphatic carbocycles. The second kappa shape index (κ2) is 9.97. The summed E-state index contributed by atoms with van der Waals surface area (Å²) in [5.74, 6) is 1.71. The Morgan fingerprint density at radius 1 is 1.29 bits per heavy atom. The SMILES string of the molecule is CCNC(=NCC(c1ccco1)N1CCCC1)NCCNC(C)=O. The monoisotopic (exact) mass is 335 g/mol. The van der Waals surface area contributed by atoms with Crippen molar-refractivity contribution in [3.63, 3.8) is 0 Å². The predicted molar refractivity (Wildman–Crippen MR) is 94.9 cm³/mol. The Balaban J connectivity index is 1.94. The average molecular weight is 335 g/mol. The number of hydrogen-bond donors (Lipinski definition) is 3. The van der Waals surface area contributed by atoms with Gasteiger partial charge in [-0.1, -0.05) is 0 Å². The van der Waals surface area contributed by atoms with E-state index in [1.807, 2.05) is 19.1 Å². The fourth-order valence-electron chi connectivity index (χ4n) is 2.86. The van der Waals surface area contributed by atoms with Gasteiger partial charge in [0.2, 0.25) is 5.91 Å². The van der Waals surface area contributed by atoms with E-state index >= 15 is 0 Å². The number of furan rings is 1. The van der Waals surface area contributed by atoms with Crippen LogP contribution < -0.4 is 16.0 Å². The summed E-state index contributed by atoms with van der Waals surface area (Å²) in [6.45, 7) is 8.39. The second-order valence-corrected chi connectivity index (χ2v) is 5.90. The van der Waals surface area contributed by atoms with Gasteiger partial charge in [0.25, 0.3) is 0 Å². The van der Waals surface area contributed by atoms with Gasteiger partial charge in [0.1, 0.15) is 5.76 Å². The Morgan fingerprint density at radius 2 is 2.04 bits per heavy atom. The number of aliphatic imine (C=N–C) groups is 1. The molecule has 1 atom stereocenters. The van der Waals surface area contributed by atoms with Gasteiger partial charge < -0.3 is 20.4 Å². The highest BCUT2D eigenvalue weighted by molar-refractivity contribution is 5.79. The van der Waals surface area contributed by atoms with E-state index in [9.17, 15) is 4.79 Å². The van der Waals surface area contributed by atoms with Crippen LogP contribution in [0.4, 0.5) is 0 Å². The zero-order valence-electron chi connectivity index (χ0n) is 14.7. The number of hydrogen-bond acceptors (Lipinski definition) is 4. The molecule has 1 aromatic heterocycles. The Bertz CT molecular complexity index is 509. The van der Waals surface area contributed by atoms with Crippen molar-refractivity contribution in [1.82, 2.24) is 20.9 Å². The van der Waals surface area contributed by atoms with E-state index in [1.165, 1.54) is 19.8 Å². The normalized spacial score (nSPS) is 16.8. The summed E-state index contributed by atoms with van der Waals surface area (Å²) in [6.07, 6.45) is 4.19. The zero-order chi connectivity index (χ0) is 17.2. The molecule has 2 rings (SSSR count). The summed E-state index contributed by atoms with van der Waals surface area (Å²) in [5, 5.41) is 9.25. The Labute approximate surface area is 143 Å². The van der Waals surface area contributed by atoms with Crippen molar-refractivity contribution in [2.75, 3.05) is 39.3 Å². The van der Waals surface area contributed by atoms with E-state index in [0.29, 0.717) is 19.6 Å². The molecule has 2 heterocycles. The summed E-state index contributed by atoms with van der Waals surface area (Å²) < 4.78 is 5.63. The second-order valence-electron chi connectivity index (χ2n) is 5.90. The smallest absolute Gasteiger partial charge is 0.216 e. The predicted octanol–water partition coefficient (Wildman–Crippen LogP) is 1.11. The molecule has 1 saturated heterocycles. The molecule has 1 aromatic rings. The lowest BCUT2D eigenvalue weighted by Crippen LogP contribution is -2.41. The number of rotatable bonds is 8. The van der Waals surface area contributed by atoms with Gasteiger partial charge in [-0.05, 0) is 45.0 Å². The minimum atomic E-state index is -0.0225. The first-order valence-electron chi connectivity index (χ1n) is 8.74. The van der Waals surface area contributed by atoms with Crippen LogP contribution in [0.2, 0.25) is 0 Å². The van der Waals surface area contributed by atoms with Crippen molar-refractivity contribution in [3.8, 4) is 0 Å². The van der Waals surface area contributed by atoms with Crippen LogP contribution in [0.15, 0.2) is 27.8 Å². The number of nitrogens with zero attached hydrogens (tertiary/aromatic N) is 2. The lowest BCUT2D eigenvalue weighted by Gasteiger charge is -2.24. The highest BCUT2D eigenvalue weighted by atomic mass is 16.3. The number of guanidine groups is 1. The molecule has 1 amide bonds. The molecule has 0 spiro atoms. The minimum absolute atomic E-state index is 0.0225. The summed E-state index contributed by atoms with van der Waals surface area (Å²) >= 11 is 0. The lowest BCUT2D eigenvalue weighted by molar-refractivity contribution is -0.118. The number of nitrogens with one attached hydrogen (secondary N) is 3. The van der Waals surface area contributed by atoms with Gasteiger partial charge >= 0.3 is 0 Å². The Hall–Kier alpha value is -2.02. The molecule has 134 valence electrons. The van der Waals surface area contributed by atoms with E-state index < -0.39 is 0 Å². The van der Waals surface area contributed by atoms with Crippen LogP contribution in [0.25, 0.3) is 0 Å².